The van der Waals surface area contributed by atoms with Gasteiger partial charge < -0.3 is 0 Å². The van der Waals surface area contributed by atoms with Gasteiger partial charge in [0.05, 0.1) is 0 Å². The standard InChI is InChI=1S/C11H18Si.C5H5.Fe/c1-12(2)10-6-5-9-11-7-3-4-8-11;1-2-4-5-3-1;/h3-4,7-8H,5-6,9-10H2,1-2H3;1-5H;/q;;+2. The van der Waals surface area contributed by atoms with Gasteiger partial charge >= 0.3 is 17.1 Å². The van der Waals surface area contributed by atoms with E-state index in [1.54, 1.807) is 0 Å². The second-order valence-corrected chi connectivity index (χ2v) is 7.58. The summed E-state index contributed by atoms with van der Waals surface area (Å²) in [7, 11) is 0.0248. The van der Waals surface area contributed by atoms with Crippen molar-refractivity contribution >= 4 is 8.80 Å². The molecule has 2 saturated carbocycles. The Labute approximate surface area is 128 Å². The summed E-state index contributed by atoms with van der Waals surface area (Å²) in [4.78, 5) is 0. The SMILES string of the molecule is C[Si](C)CCCC[C]1[CH][CH][CH][CH]1.[CH]1[CH][CH][CH][CH]1.[Fe+2]. The van der Waals surface area contributed by atoms with Gasteiger partial charge in [0.25, 0.3) is 0 Å². The predicted molar refractivity (Wildman–Crippen MR) is 78.1 cm³/mol. The smallest absolute Gasteiger partial charge is 0.0713 e. The van der Waals surface area contributed by atoms with E-state index in [9.17, 15) is 0 Å². The average Bonchev–Trinajstić information content (AvgIpc) is 2.99. The zero-order valence-corrected chi connectivity index (χ0v) is 13.5. The van der Waals surface area contributed by atoms with E-state index in [1.807, 2.05) is 32.1 Å². The van der Waals surface area contributed by atoms with Crippen molar-refractivity contribution in [2.75, 3.05) is 0 Å². The largest absolute Gasteiger partial charge is 2.00 e. The van der Waals surface area contributed by atoms with E-state index in [2.05, 4.69) is 38.8 Å². The summed E-state index contributed by atoms with van der Waals surface area (Å²) in [5, 5.41) is 0. The molecule has 0 saturated heterocycles. The summed E-state index contributed by atoms with van der Waals surface area (Å²) in [6.07, 6.45) is 22.8. The Bertz CT molecular complexity index is 153. The molecule has 2 fully saturated rings. The molecule has 0 unspecified atom stereocenters. The van der Waals surface area contributed by atoms with Crippen molar-refractivity contribution in [3.63, 3.8) is 0 Å². The molecule has 0 aromatic rings. The Kier molecular flexibility index (Phi) is 13.3. The van der Waals surface area contributed by atoms with Crippen molar-refractivity contribution in [3.05, 3.63) is 63.7 Å². The molecule has 0 aliphatic heterocycles. The first-order valence-electron chi connectivity index (χ1n) is 6.45. The van der Waals surface area contributed by atoms with Crippen LogP contribution >= 0.6 is 0 Å². The maximum atomic E-state index is 2.40. The number of hydrogen-bond donors (Lipinski definition) is 0. The first-order chi connectivity index (χ1) is 8.29. The third-order valence-electron chi connectivity index (χ3n) is 2.68. The molecule has 0 spiro atoms. The molecule has 18 heavy (non-hydrogen) atoms. The quantitative estimate of drug-likeness (QED) is 0.523. The monoisotopic (exact) mass is 299 g/mol. The number of rotatable bonds is 5. The van der Waals surface area contributed by atoms with Crippen LogP contribution in [0.2, 0.25) is 19.1 Å². The minimum Gasteiger partial charge on any atom is -0.0713 e. The molecule has 0 bridgehead atoms. The van der Waals surface area contributed by atoms with E-state index in [-0.39, 0.29) is 25.9 Å². The summed E-state index contributed by atoms with van der Waals surface area (Å²) < 4.78 is 0. The van der Waals surface area contributed by atoms with Crippen LogP contribution in [0, 0.1) is 63.7 Å². The summed E-state index contributed by atoms with van der Waals surface area (Å²) >= 11 is 0. The molecule has 0 aromatic heterocycles. The summed E-state index contributed by atoms with van der Waals surface area (Å²) in [6, 6.07) is 1.48. The first-order valence-corrected chi connectivity index (χ1v) is 9.16. The molecule has 0 atom stereocenters. The Morgan fingerprint density at radius 1 is 0.778 bits per heavy atom. The molecule has 0 heterocycles. The van der Waals surface area contributed by atoms with Crippen molar-refractivity contribution in [3.8, 4) is 0 Å². The second-order valence-electron chi connectivity index (χ2n) is 4.67. The van der Waals surface area contributed by atoms with E-state index in [1.165, 1.54) is 31.2 Å². The van der Waals surface area contributed by atoms with Crippen LogP contribution in [-0.4, -0.2) is 8.80 Å². The summed E-state index contributed by atoms with van der Waals surface area (Å²) in [6.45, 7) is 4.79. The summed E-state index contributed by atoms with van der Waals surface area (Å²) in [5.41, 5.74) is 0. The topological polar surface area (TPSA) is 0 Å². The summed E-state index contributed by atoms with van der Waals surface area (Å²) in [5.74, 6) is 1.51. The molecule has 0 N–H and O–H groups in total. The van der Waals surface area contributed by atoms with Crippen molar-refractivity contribution in [1.82, 2.24) is 0 Å². The van der Waals surface area contributed by atoms with Gasteiger partial charge in [-0.1, -0.05) is 32.0 Å². The van der Waals surface area contributed by atoms with E-state index in [0.29, 0.717) is 0 Å². The van der Waals surface area contributed by atoms with Gasteiger partial charge in [0.15, 0.2) is 0 Å². The Morgan fingerprint density at radius 3 is 1.72 bits per heavy atom. The van der Waals surface area contributed by atoms with E-state index < -0.39 is 0 Å². The third-order valence-corrected chi connectivity index (χ3v) is 4.03. The second kappa shape index (κ2) is 12.8. The fourth-order valence-electron chi connectivity index (χ4n) is 1.71. The molecular formula is C16H23FeSi+2. The van der Waals surface area contributed by atoms with Crippen molar-refractivity contribution in [2.24, 2.45) is 0 Å². The molecule has 0 nitrogen and oxygen atoms in total. The van der Waals surface area contributed by atoms with Crippen molar-refractivity contribution in [2.45, 2.75) is 38.4 Å². The first kappa shape index (κ1) is 18.7. The molecule has 0 aromatic carbocycles. The van der Waals surface area contributed by atoms with Crippen LogP contribution in [-0.2, 0) is 17.1 Å². The molecule has 97 valence electrons. The van der Waals surface area contributed by atoms with Crippen LogP contribution < -0.4 is 0 Å². The van der Waals surface area contributed by atoms with Crippen molar-refractivity contribution < 1.29 is 17.1 Å². The van der Waals surface area contributed by atoms with Gasteiger partial charge in [0.2, 0.25) is 0 Å². The minimum atomic E-state index is 0. The Morgan fingerprint density at radius 2 is 1.28 bits per heavy atom. The van der Waals surface area contributed by atoms with Crippen LogP contribution in [0.3, 0.4) is 0 Å². The van der Waals surface area contributed by atoms with Gasteiger partial charge in [-0.3, -0.25) is 0 Å². The van der Waals surface area contributed by atoms with Gasteiger partial charge in [-0.05, 0) is 70.1 Å². The zero-order chi connectivity index (χ0) is 12.3. The van der Waals surface area contributed by atoms with E-state index >= 15 is 0 Å². The van der Waals surface area contributed by atoms with Gasteiger partial charge in [-0.15, -0.1) is 0 Å². The van der Waals surface area contributed by atoms with Gasteiger partial charge in [0.1, 0.15) is 0 Å². The van der Waals surface area contributed by atoms with Crippen LogP contribution in [0.4, 0.5) is 0 Å². The fourth-order valence-corrected chi connectivity index (χ4v) is 2.67. The normalized spacial score (nSPS) is 19.5. The zero-order valence-electron chi connectivity index (χ0n) is 11.4. The predicted octanol–water partition coefficient (Wildman–Crippen LogP) is 4.34. The average molecular weight is 299 g/mol. The number of hydrogen-bond acceptors (Lipinski definition) is 0. The molecule has 11 radical (unpaired) electrons. The van der Waals surface area contributed by atoms with Crippen LogP contribution in [0.25, 0.3) is 0 Å². The van der Waals surface area contributed by atoms with Crippen molar-refractivity contribution in [1.29, 1.82) is 0 Å². The van der Waals surface area contributed by atoms with Crippen LogP contribution in [0.15, 0.2) is 0 Å². The van der Waals surface area contributed by atoms with Gasteiger partial charge in [0, 0.05) is 8.80 Å². The van der Waals surface area contributed by atoms with E-state index in [4.69, 9.17) is 0 Å². The molecule has 2 aliphatic rings. The van der Waals surface area contributed by atoms with Gasteiger partial charge in [-0.25, -0.2) is 0 Å². The Balaban J connectivity index is 0.000000405. The van der Waals surface area contributed by atoms with Gasteiger partial charge in [-0.2, -0.15) is 0 Å². The molecule has 2 aliphatic carbocycles. The fraction of sp³-hybridized carbons (Fsp3) is 0.375. The molecule has 2 heteroatoms. The van der Waals surface area contributed by atoms with E-state index in [0.717, 1.165) is 0 Å². The Hall–Kier alpha value is 0.736. The van der Waals surface area contributed by atoms with Crippen LogP contribution in [0.5, 0.6) is 0 Å². The third kappa shape index (κ3) is 10.6. The van der Waals surface area contributed by atoms with Crippen LogP contribution in [0.1, 0.15) is 19.3 Å². The maximum absolute atomic E-state index is 2.40. The molecular weight excluding hydrogens is 276 g/mol. The molecule has 0 amide bonds. The minimum absolute atomic E-state index is 0. The number of unbranched alkanes of at least 4 members (excludes halogenated alkanes) is 1. The maximum Gasteiger partial charge on any atom is 2.00 e. The molecule has 2 rings (SSSR count).